The average molecular weight is 312 g/mol. The van der Waals surface area contributed by atoms with Gasteiger partial charge in [-0.2, -0.15) is 0 Å². The fourth-order valence-electron chi connectivity index (χ4n) is 2.36. The lowest BCUT2D eigenvalue weighted by Gasteiger charge is -2.35. The number of aromatic nitrogens is 1. The standard InChI is InChI=1S/C13H18BrN3O/c1-16-8-4-5-10(9-16)17(2)13(18)11-6-3-7-15-12(11)14/h3,6-7,10H,4-5,8-9H2,1-2H3. The third kappa shape index (κ3) is 2.90. The van der Waals surface area contributed by atoms with Gasteiger partial charge in [0.25, 0.3) is 5.91 Å². The summed E-state index contributed by atoms with van der Waals surface area (Å²) in [7, 11) is 3.98. The normalized spacial score (nSPS) is 20.7. The Hall–Kier alpha value is -0.940. The Morgan fingerprint density at radius 3 is 3.06 bits per heavy atom. The number of piperidine rings is 1. The highest BCUT2D eigenvalue weighted by atomic mass is 79.9. The van der Waals surface area contributed by atoms with E-state index in [1.54, 1.807) is 12.3 Å². The summed E-state index contributed by atoms with van der Waals surface area (Å²) in [5.74, 6) is 0.0373. The molecule has 1 aromatic rings. The van der Waals surface area contributed by atoms with Crippen LogP contribution in [0.1, 0.15) is 23.2 Å². The monoisotopic (exact) mass is 311 g/mol. The van der Waals surface area contributed by atoms with Crippen molar-refractivity contribution in [2.45, 2.75) is 18.9 Å². The Labute approximate surface area is 116 Å². The van der Waals surface area contributed by atoms with Crippen molar-refractivity contribution in [3.8, 4) is 0 Å². The number of halogens is 1. The van der Waals surface area contributed by atoms with Gasteiger partial charge in [0, 0.05) is 25.8 Å². The molecule has 5 heteroatoms. The first kappa shape index (κ1) is 13.5. The first-order valence-electron chi connectivity index (χ1n) is 6.16. The average Bonchev–Trinajstić information content (AvgIpc) is 2.37. The number of carbonyl (C=O) groups excluding carboxylic acids is 1. The third-order valence-corrected chi connectivity index (χ3v) is 4.09. The van der Waals surface area contributed by atoms with E-state index in [4.69, 9.17) is 0 Å². The van der Waals surface area contributed by atoms with Gasteiger partial charge >= 0.3 is 0 Å². The number of amides is 1. The molecule has 1 saturated heterocycles. The number of pyridine rings is 1. The number of hydrogen-bond donors (Lipinski definition) is 0. The zero-order valence-electron chi connectivity index (χ0n) is 10.8. The molecular weight excluding hydrogens is 294 g/mol. The Balaban J connectivity index is 2.11. The Morgan fingerprint density at radius 2 is 2.39 bits per heavy atom. The number of likely N-dealkylation sites (N-methyl/N-ethyl adjacent to an activating group) is 2. The summed E-state index contributed by atoms with van der Waals surface area (Å²) in [5, 5.41) is 0. The predicted molar refractivity (Wildman–Crippen MR) is 74.5 cm³/mol. The fraction of sp³-hybridized carbons (Fsp3) is 0.538. The van der Waals surface area contributed by atoms with Crippen LogP contribution in [0, 0.1) is 0 Å². The smallest absolute Gasteiger partial charge is 0.256 e. The maximum atomic E-state index is 12.4. The van der Waals surface area contributed by atoms with Crippen molar-refractivity contribution in [1.29, 1.82) is 0 Å². The molecule has 1 aromatic heterocycles. The lowest BCUT2D eigenvalue weighted by atomic mass is 10.0. The van der Waals surface area contributed by atoms with Crippen LogP contribution in [0.5, 0.6) is 0 Å². The van der Waals surface area contributed by atoms with Gasteiger partial charge in [0.1, 0.15) is 4.60 Å². The molecule has 0 radical (unpaired) electrons. The van der Waals surface area contributed by atoms with Gasteiger partial charge in [-0.05, 0) is 54.5 Å². The van der Waals surface area contributed by atoms with Crippen LogP contribution in [0.4, 0.5) is 0 Å². The second-order valence-electron chi connectivity index (χ2n) is 4.82. The van der Waals surface area contributed by atoms with Gasteiger partial charge in [-0.15, -0.1) is 0 Å². The summed E-state index contributed by atoms with van der Waals surface area (Å²) in [6.07, 6.45) is 3.90. The number of hydrogen-bond acceptors (Lipinski definition) is 3. The van der Waals surface area contributed by atoms with E-state index in [9.17, 15) is 4.79 Å². The summed E-state index contributed by atoms with van der Waals surface area (Å²) in [5.41, 5.74) is 0.633. The topological polar surface area (TPSA) is 36.4 Å². The van der Waals surface area contributed by atoms with Crippen LogP contribution in [0.15, 0.2) is 22.9 Å². The molecule has 0 N–H and O–H groups in total. The van der Waals surface area contributed by atoms with Crippen molar-refractivity contribution in [1.82, 2.24) is 14.8 Å². The minimum atomic E-state index is 0.0373. The predicted octanol–water partition coefficient (Wildman–Crippen LogP) is 2.01. The summed E-state index contributed by atoms with van der Waals surface area (Å²) in [4.78, 5) is 20.6. The van der Waals surface area contributed by atoms with E-state index in [2.05, 4.69) is 32.9 Å². The second kappa shape index (κ2) is 5.80. The van der Waals surface area contributed by atoms with E-state index in [0.717, 1.165) is 25.9 Å². The molecule has 0 aromatic carbocycles. The van der Waals surface area contributed by atoms with E-state index in [0.29, 0.717) is 16.2 Å². The van der Waals surface area contributed by atoms with Crippen LogP contribution in [-0.4, -0.2) is 53.9 Å². The molecule has 18 heavy (non-hydrogen) atoms. The van der Waals surface area contributed by atoms with Crippen molar-refractivity contribution in [3.63, 3.8) is 0 Å². The molecule has 1 atom stereocenters. The van der Waals surface area contributed by atoms with Crippen molar-refractivity contribution in [2.75, 3.05) is 27.2 Å². The third-order valence-electron chi connectivity index (χ3n) is 3.46. The maximum Gasteiger partial charge on any atom is 0.256 e. The molecule has 4 nitrogen and oxygen atoms in total. The molecule has 1 aliphatic heterocycles. The van der Waals surface area contributed by atoms with Gasteiger partial charge in [-0.3, -0.25) is 4.79 Å². The van der Waals surface area contributed by atoms with Gasteiger partial charge in [-0.1, -0.05) is 0 Å². The molecule has 1 unspecified atom stereocenters. The van der Waals surface area contributed by atoms with E-state index >= 15 is 0 Å². The molecular formula is C13H18BrN3O. The fourth-order valence-corrected chi connectivity index (χ4v) is 2.78. The van der Waals surface area contributed by atoms with Crippen LogP contribution in [0.25, 0.3) is 0 Å². The molecule has 1 aliphatic rings. The minimum absolute atomic E-state index is 0.0373. The van der Waals surface area contributed by atoms with Gasteiger partial charge in [0.15, 0.2) is 0 Å². The second-order valence-corrected chi connectivity index (χ2v) is 5.57. The van der Waals surface area contributed by atoms with Crippen LogP contribution >= 0.6 is 15.9 Å². The lowest BCUT2D eigenvalue weighted by Crippen LogP contribution is -2.47. The lowest BCUT2D eigenvalue weighted by molar-refractivity contribution is 0.0642. The summed E-state index contributed by atoms with van der Waals surface area (Å²) in [6, 6.07) is 3.89. The van der Waals surface area contributed by atoms with Crippen molar-refractivity contribution in [2.24, 2.45) is 0 Å². The highest BCUT2D eigenvalue weighted by Gasteiger charge is 2.26. The van der Waals surface area contributed by atoms with E-state index in [1.807, 2.05) is 18.0 Å². The largest absolute Gasteiger partial charge is 0.337 e. The zero-order chi connectivity index (χ0) is 13.1. The molecule has 2 rings (SSSR count). The quantitative estimate of drug-likeness (QED) is 0.784. The van der Waals surface area contributed by atoms with E-state index < -0.39 is 0 Å². The van der Waals surface area contributed by atoms with Gasteiger partial charge in [0.2, 0.25) is 0 Å². The van der Waals surface area contributed by atoms with Crippen LogP contribution in [0.2, 0.25) is 0 Å². The van der Waals surface area contributed by atoms with Crippen molar-refractivity contribution < 1.29 is 4.79 Å². The molecule has 2 heterocycles. The summed E-state index contributed by atoms with van der Waals surface area (Å²) in [6.45, 7) is 2.06. The molecule has 98 valence electrons. The zero-order valence-corrected chi connectivity index (χ0v) is 12.4. The van der Waals surface area contributed by atoms with E-state index in [1.165, 1.54) is 0 Å². The van der Waals surface area contributed by atoms with Gasteiger partial charge < -0.3 is 9.80 Å². The number of carbonyl (C=O) groups is 1. The van der Waals surface area contributed by atoms with Gasteiger partial charge in [-0.25, -0.2) is 4.98 Å². The van der Waals surface area contributed by atoms with Crippen LogP contribution in [-0.2, 0) is 0 Å². The first-order valence-corrected chi connectivity index (χ1v) is 6.95. The molecule has 0 saturated carbocycles. The number of likely N-dealkylation sites (tertiary alicyclic amines) is 1. The molecule has 0 spiro atoms. The van der Waals surface area contributed by atoms with Crippen LogP contribution < -0.4 is 0 Å². The molecule has 1 fully saturated rings. The highest BCUT2D eigenvalue weighted by molar-refractivity contribution is 9.10. The molecule has 0 bridgehead atoms. The van der Waals surface area contributed by atoms with Gasteiger partial charge in [0.05, 0.1) is 5.56 Å². The SMILES string of the molecule is CN1CCCC(N(C)C(=O)c2cccnc2Br)C1. The van der Waals surface area contributed by atoms with Crippen molar-refractivity contribution in [3.05, 3.63) is 28.5 Å². The Morgan fingerprint density at radius 1 is 1.61 bits per heavy atom. The maximum absolute atomic E-state index is 12.4. The van der Waals surface area contributed by atoms with Crippen LogP contribution in [0.3, 0.4) is 0 Å². The first-order chi connectivity index (χ1) is 8.59. The Kier molecular flexibility index (Phi) is 4.35. The number of nitrogens with zero attached hydrogens (tertiary/aromatic N) is 3. The summed E-state index contributed by atoms with van der Waals surface area (Å²) < 4.78 is 0.617. The van der Waals surface area contributed by atoms with E-state index in [-0.39, 0.29) is 5.91 Å². The minimum Gasteiger partial charge on any atom is -0.337 e. The van der Waals surface area contributed by atoms with Crippen molar-refractivity contribution >= 4 is 21.8 Å². The highest BCUT2D eigenvalue weighted by Crippen LogP contribution is 2.19. The summed E-state index contributed by atoms with van der Waals surface area (Å²) >= 11 is 3.33. The number of rotatable bonds is 2. The molecule has 0 aliphatic carbocycles. The molecule has 1 amide bonds. The Bertz CT molecular complexity index is 438.